The molecule has 0 radical (unpaired) electrons. The number of methoxy groups -OCH3 is 1. The molecule has 0 saturated heterocycles. The highest BCUT2D eigenvalue weighted by Gasteiger charge is 2.13. The van der Waals surface area contributed by atoms with Crippen LogP contribution < -0.4 is 10.1 Å². The third kappa shape index (κ3) is 5.13. The van der Waals surface area contributed by atoms with Crippen LogP contribution in [0.1, 0.15) is 22.3 Å². The average molecular weight is 425 g/mol. The van der Waals surface area contributed by atoms with Crippen LogP contribution in [0.2, 0.25) is 0 Å². The zero-order chi connectivity index (χ0) is 22.3. The van der Waals surface area contributed by atoms with Gasteiger partial charge in [-0.25, -0.2) is 4.79 Å². The summed E-state index contributed by atoms with van der Waals surface area (Å²) in [6, 6.07) is 28.6. The van der Waals surface area contributed by atoms with Crippen molar-refractivity contribution in [2.24, 2.45) is 0 Å². The number of carbonyl (C=O) groups is 2. The molecule has 1 N–H and O–H groups in total. The van der Waals surface area contributed by atoms with E-state index in [0.717, 1.165) is 22.4 Å². The van der Waals surface area contributed by atoms with Gasteiger partial charge in [-0.05, 0) is 59.2 Å². The molecule has 0 bridgehead atoms. The average Bonchev–Trinajstić information content (AvgIpc) is 2.83. The predicted octanol–water partition coefficient (Wildman–Crippen LogP) is 5.99. The minimum absolute atomic E-state index is 0.169. The Morgan fingerprint density at radius 3 is 2.25 bits per heavy atom. The van der Waals surface area contributed by atoms with Crippen LogP contribution in [0, 0.1) is 0 Å². The van der Waals surface area contributed by atoms with E-state index in [1.165, 1.54) is 12.5 Å². The van der Waals surface area contributed by atoms with Gasteiger partial charge in [-0.15, -0.1) is 0 Å². The van der Waals surface area contributed by atoms with Gasteiger partial charge in [-0.1, -0.05) is 54.6 Å². The Balaban J connectivity index is 1.34. The van der Waals surface area contributed by atoms with Gasteiger partial charge in [0.25, 0.3) is 0 Å². The fraction of sp³-hybridized carbons (Fsp3) is 0.111. The first-order chi connectivity index (χ1) is 15.6. The van der Waals surface area contributed by atoms with E-state index in [1.807, 2.05) is 54.6 Å². The standard InChI is InChI=1S/C27H23NO4/c1-31-27(30)24-8-4-5-9-25(24)28-26(29)17-12-19-10-14-22(15-11-19)32-23-16-13-20-6-2-3-7-21(20)18-23/h2-11,13-16,18H,12,17H2,1H3,(H,28,29). The molecule has 0 spiro atoms. The van der Waals surface area contributed by atoms with Crippen LogP contribution in [-0.2, 0) is 16.0 Å². The van der Waals surface area contributed by atoms with E-state index in [4.69, 9.17) is 9.47 Å². The van der Waals surface area contributed by atoms with Gasteiger partial charge in [0.15, 0.2) is 0 Å². The van der Waals surface area contributed by atoms with E-state index in [-0.39, 0.29) is 5.91 Å². The minimum Gasteiger partial charge on any atom is -0.465 e. The Labute approximate surface area is 186 Å². The summed E-state index contributed by atoms with van der Waals surface area (Å²) < 4.78 is 10.7. The van der Waals surface area contributed by atoms with Crippen LogP contribution in [0.3, 0.4) is 0 Å². The second kappa shape index (κ2) is 9.79. The number of para-hydroxylation sites is 1. The maximum atomic E-state index is 12.4. The highest BCUT2D eigenvalue weighted by Crippen LogP contribution is 2.26. The molecule has 4 aromatic carbocycles. The Bertz CT molecular complexity index is 1250. The predicted molar refractivity (Wildman–Crippen MR) is 125 cm³/mol. The summed E-state index contributed by atoms with van der Waals surface area (Å²) in [7, 11) is 1.31. The lowest BCUT2D eigenvalue weighted by Gasteiger charge is -2.10. The first kappa shape index (κ1) is 21.1. The van der Waals surface area contributed by atoms with Crippen LogP contribution in [-0.4, -0.2) is 19.0 Å². The molecule has 1 amide bonds. The number of carbonyl (C=O) groups excluding carboxylic acids is 2. The zero-order valence-corrected chi connectivity index (χ0v) is 17.7. The fourth-order valence-electron chi connectivity index (χ4n) is 3.44. The van der Waals surface area contributed by atoms with Gasteiger partial charge in [0.1, 0.15) is 11.5 Å². The third-order valence-corrected chi connectivity index (χ3v) is 5.13. The van der Waals surface area contributed by atoms with Gasteiger partial charge in [0.05, 0.1) is 18.4 Å². The number of rotatable bonds is 7. The highest BCUT2D eigenvalue weighted by molar-refractivity contribution is 6.01. The third-order valence-electron chi connectivity index (χ3n) is 5.13. The van der Waals surface area contributed by atoms with E-state index < -0.39 is 5.97 Å². The Morgan fingerprint density at radius 1 is 0.781 bits per heavy atom. The maximum Gasteiger partial charge on any atom is 0.339 e. The number of fused-ring (bicyclic) bond motifs is 1. The molecule has 0 atom stereocenters. The van der Waals surface area contributed by atoms with Crippen molar-refractivity contribution in [1.82, 2.24) is 0 Å². The quantitative estimate of drug-likeness (QED) is 0.369. The Morgan fingerprint density at radius 2 is 1.47 bits per heavy atom. The molecule has 0 unspecified atom stereocenters. The second-order valence-electron chi connectivity index (χ2n) is 7.34. The lowest BCUT2D eigenvalue weighted by Crippen LogP contribution is -2.15. The molecule has 160 valence electrons. The van der Waals surface area contributed by atoms with Crippen molar-refractivity contribution in [1.29, 1.82) is 0 Å². The molecule has 0 saturated carbocycles. The molecule has 4 rings (SSSR count). The van der Waals surface area contributed by atoms with Crippen molar-refractivity contribution in [3.63, 3.8) is 0 Å². The van der Waals surface area contributed by atoms with Crippen LogP contribution in [0.25, 0.3) is 10.8 Å². The molecule has 5 heteroatoms. The van der Waals surface area contributed by atoms with Crippen molar-refractivity contribution in [2.45, 2.75) is 12.8 Å². The molecule has 4 aromatic rings. The van der Waals surface area contributed by atoms with E-state index >= 15 is 0 Å². The monoisotopic (exact) mass is 425 g/mol. The number of amides is 1. The number of hydrogen-bond acceptors (Lipinski definition) is 4. The summed E-state index contributed by atoms with van der Waals surface area (Å²) in [4.78, 5) is 24.2. The van der Waals surface area contributed by atoms with Gasteiger partial charge >= 0.3 is 5.97 Å². The van der Waals surface area contributed by atoms with Crippen LogP contribution in [0.5, 0.6) is 11.5 Å². The summed E-state index contributed by atoms with van der Waals surface area (Å²) in [5.41, 5.74) is 1.80. The number of anilines is 1. The fourth-order valence-corrected chi connectivity index (χ4v) is 3.44. The Hall–Kier alpha value is -4.12. The molecule has 0 aliphatic heterocycles. The first-order valence-electron chi connectivity index (χ1n) is 10.4. The number of ether oxygens (including phenoxy) is 2. The molecular formula is C27H23NO4. The smallest absolute Gasteiger partial charge is 0.339 e. The van der Waals surface area contributed by atoms with Crippen LogP contribution >= 0.6 is 0 Å². The lowest BCUT2D eigenvalue weighted by molar-refractivity contribution is -0.116. The van der Waals surface area contributed by atoms with Crippen molar-refractivity contribution in [3.8, 4) is 11.5 Å². The molecule has 0 aliphatic rings. The van der Waals surface area contributed by atoms with Crippen molar-refractivity contribution >= 4 is 28.3 Å². The number of aryl methyl sites for hydroxylation is 1. The SMILES string of the molecule is COC(=O)c1ccccc1NC(=O)CCc1ccc(Oc2ccc3ccccc3c2)cc1. The molecule has 0 fully saturated rings. The van der Waals surface area contributed by atoms with Gasteiger partial charge in [0.2, 0.25) is 5.91 Å². The van der Waals surface area contributed by atoms with E-state index in [0.29, 0.717) is 24.1 Å². The van der Waals surface area contributed by atoms with Gasteiger partial charge in [-0.3, -0.25) is 4.79 Å². The normalized spacial score (nSPS) is 10.5. The summed E-state index contributed by atoms with van der Waals surface area (Å²) >= 11 is 0. The van der Waals surface area contributed by atoms with Crippen molar-refractivity contribution in [3.05, 3.63) is 102 Å². The molecule has 0 heterocycles. The lowest BCUT2D eigenvalue weighted by atomic mass is 10.1. The number of esters is 1. The number of hydrogen-bond donors (Lipinski definition) is 1. The minimum atomic E-state index is -0.483. The van der Waals surface area contributed by atoms with Crippen LogP contribution in [0.4, 0.5) is 5.69 Å². The van der Waals surface area contributed by atoms with Gasteiger partial charge in [0, 0.05) is 6.42 Å². The molecule has 0 aromatic heterocycles. The maximum absolute atomic E-state index is 12.4. The molecule has 5 nitrogen and oxygen atoms in total. The van der Waals surface area contributed by atoms with E-state index in [1.54, 1.807) is 24.3 Å². The summed E-state index contributed by atoms with van der Waals surface area (Å²) in [5, 5.41) is 5.09. The molecule has 32 heavy (non-hydrogen) atoms. The first-order valence-corrected chi connectivity index (χ1v) is 10.4. The topological polar surface area (TPSA) is 64.6 Å². The van der Waals surface area contributed by atoms with E-state index in [2.05, 4.69) is 17.4 Å². The van der Waals surface area contributed by atoms with Crippen molar-refractivity contribution < 1.29 is 19.1 Å². The van der Waals surface area contributed by atoms with Gasteiger partial charge < -0.3 is 14.8 Å². The number of nitrogens with one attached hydrogen (secondary N) is 1. The van der Waals surface area contributed by atoms with Gasteiger partial charge in [-0.2, -0.15) is 0 Å². The highest BCUT2D eigenvalue weighted by atomic mass is 16.5. The largest absolute Gasteiger partial charge is 0.465 e. The summed E-state index contributed by atoms with van der Waals surface area (Å²) in [6.45, 7) is 0. The number of benzene rings is 4. The zero-order valence-electron chi connectivity index (χ0n) is 17.7. The summed E-state index contributed by atoms with van der Waals surface area (Å²) in [6.07, 6.45) is 0.864. The summed E-state index contributed by atoms with van der Waals surface area (Å²) in [5.74, 6) is 0.862. The van der Waals surface area contributed by atoms with Crippen molar-refractivity contribution in [2.75, 3.05) is 12.4 Å². The van der Waals surface area contributed by atoms with Crippen LogP contribution in [0.15, 0.2) is 91.0 Å². The Kier molecular flexibility index (Phi) is 6.46. The second-order valence-corrected chi connectivity index (χ2v) is 7.34. The molecule has 0 aliphatic carbocycles. The molecular weight excluding hydrogens is 402 g/mol. The van der Waals surface area contributed by atoms with E-state index in [9.17, 15) is 9.59 Å².